The summed E-state index contributed by atoms with van der Waals surface area (Å²) in [6.45, 7) is 17.3. The van der Waals surface area contributed by atoms with E-state index in [-0.39, 0.29) is 43.4 Å². The quantitative estimate of drug-likeness (QED) is 0.391. The Balaban J connectivity index is 1.92. The topological polar surface area (TPSA) is 96.4 Å². The van der Waals surface area contributed by atoms with E-state index in [0.717, 1.165) is 16.8 Å². The normalized spacial score (nSPS) is 32.4. The third-order valence-corrected chi connectivity index (χ3v) is 9.07. The van der Waals surface area contributed by atoms with Crippen LogP contribution in [0.4, 0.5) is 5.69 Å². The lowest BCUT2D eigenvalue weighted by Crippen LogP contribution is -2.60. The van der Waals surface area contributed by atoms with E-state index in [9.17, 15) is 19.5 Å². The average Bonchev–Trinajstić information content (AvgIpc) is 3.36. The van der Waals surface area contributed by atoms with Crippen LogP contribution in [0.3, 0.4) is 0 Å². The minimum atomic E-state index is -1.21. The molecule has 0 aliphatic carbocycles. The number of aliphatic hydroxyl groups is 1. The molecule has 3 fully saturated rings. The maximum atomic E-state index is 14.7. The molecule has 4 rings (SSSR count). The van der Waals surface area contributed by atoms with E-state index in [0.29, 0.717) is 6.42 Å². The van der Waals surface area contributed by atoms with Crippen LogP contribution < -0.4 is 4.90 Å². The van der Waals surface area contributed by atoms with E-state index >= 15 is 0 Å². The second kappa shape index (κ2) is 10.1. The molecule has 3 heterocycles. The van der Waals surface area contributed by atoms with Crippen LogP contribution in [0.15, 0.2) is 30.9 Å². The molecule has 8 heteroatoms. The second-order valence-electron chi connectivity index (χ2n) is 11.7. The van der Waals surface area contributed by atoms with Gasteiger partial charge in [0, 0.05) is 12.2 Å². The van der Waals surface area contributed by atoms with Gasteiger partial charge in [-0.1, -0.05) is 39.0 Å². The molecular formula is C30H42N2O6. The Hall–Kier alpha value is -2.71. The number of ether oxygens (including phenoxy) is 2. The SMILES string of the molecule is C=CCN(C(=O)C1N([C@@H](CO)C(C)C)C(=O)[C@@H]2[C@H](C(=O)OCC)[C@@]3(C)OC12CC3C)c1cc(C)ccc1C. The van der Waals surface area contributed by atoms with Gasteiger partial charge in [-0.15, -0.1) is 6.58 Å². The molecule has 208 valence electrons. The van der Waals surface area contributed by atoms with Gasteiger partial charge in [0.15, 0.2) is 0 Å². The number of carbonyl (C=O) groups excluding carboxylic acids is 3. The van der Waals surface area contributed by atoms with Crippen molar-refractivity contribution in [3.63, 3.8) is 0 Å². The summed E-state index contributed by atoms with van der Waals surface area (Å²) in [5.74, 6) is -3.02. The lowest BCUT2D eigenvalue weighted by Gasteiger charge is -2.41. The van der Waals surface area contributed by atoms with Gasteiger partial charge in [-0.3, -0.25) is 14.4 Å². The number of rotatable bonds is 9. The number of fused-ring (bicyclic) bond motifs is 1. The van der Waals surface area contributed by atoms with E-state index in [1.165, 1.54) is 4.90 Å². The molecule has 1 aromatic carbocycles. The first kappa shape index (κ1) is 28.3. The zero-order valence-corrected chi connectivity index (χ0v) is 23.7. The van der Waals surface area contributed by atoms with E-state index in [2.05, 4.69) is 6.58 Å². The molecular weight excluding hydrogens is 484 g/mol. The zero-order chi connectivity index (χ0) is 28.2. The molecule has 38 heavy (non-hydrogen) atoms. The fourth-order valence-corrected chi connectivity index (χ4v) is 7.12. The van der Waals surface area contributed by atoms with Crippen LogP contribution in [-0.4, -0.2) is 70.8 Å². The molecule has 2 amide bonds. The van der Waals surface area contributed by atoms with Gasteiger partial charge in [-0.2, -0.15) is 0 Å². The highest BCUT2D eigenvalue weighted by atomic mass is 16.6. The highest BCUT2D eigenvalue weighted by Gasteiger charge is 2.81. The number of hydrogen-bond acceptors (Lipinski definition) is 6. The van der Waals surface area contributed by atoms with Crippen molar-refractivity contribution in [2.75, 3.05) is 24.7 Å². The number of carbonyl (C=O) groups is 3. The molecule has 1 aromatic rings. The monoisotopic (exact) mass is 526 g/mol. The number of benzene rings is 1. The van der Waals surface area contributed by atoms with Gasteiger partial charge in [0.2, 0.25) is 5.91 Å². The number of anilines is 1. The Kier molecular flexibility index (Phi) is 7.53. The van der Waals surface area contributed by atoms with Gasteiger partial charge in [-0.25, -0.2) is 0 Å². The first-order valence-electron chi connectivity index (χ1n) is 13.7. The van der Waals surface area contributed by atoms with Crippen molar-refractivity contribution >= 4 is 23.5 Å². The molecule has 1 spiro atoms. The predicted octanol–water partition coefficient (Wildman–Crippen LogP) is 3.41. The van der Waals surface area contributed by atoms with E-state index in [1.807, 2.05) is 59.7 Å². The van der Waals surface area contributed by atoms with Crippen LogP contribution >= 0.6 is 0 Å². The lowest BCUT2D eigenvalue weighted by atomic mass is 9.62. The summed E-state index contributed by atoms with van der Waals surface area (Å²) in [6.07, 6.45) is 2.12. The number of nitrogens with zero attached hydrogens (tertiary/aromatic N) is 2. The van der Waals surface area contributed by atoms with Crippen LogP contribution in [0.2, 0.25) is 0 Å². The standard InChI is InChI=1S/C30H42N2O6/c1-9-13-31(21-14-18(5)11-12-19(21)6)27(35)25-30-15-20(7)29(8,38-30)24(28(36)37-10-2)23(30)26(34)32(25)22(16-33)17(3)4/h9,11-12,14,17,20,22-25,33H,1,10,13,15-16H2,2-8H3/t20?,22-,23-,24+,25?,29-,30?/m0/s1. The molecule has 0 saturated carbocycles. The molecule has 3 unspecified atom stereocenters. The number of aryl methyl sites for hydroxylation is 2. The molecule has 7 atom stereocenters. The summed E-state index contributed by atoms with van der Waals surface area (Å²) in [4.78, 5) is 45.6. The highest BCUT2D eigenvalue weighted by molar-refractivity contribution is 6.05. The van der Waals surface area contributed by atoms with E-state index in [4.69, 9.17) is 9.47 Å². The maximum Gasteiger partial charge on any atom is 0.312 e. The zero-order valence-electron chi connectivity index (χ0n) is 23.7. The van der Waals surface area contributed by atoms with Gasteiger partial charge in [0.05, 0.1) is 30.8 Å². The van der Waals surface area contributed by atoms with Crippen molar-refractivity contribution in [3.05, 3.63) is 42.0 Å². The minimum Gasteiger partial charge on any atom is -0.466 e. The fraction of sp³-hybridized carbons (Fsp3) is 0.633. The Morgan fingerprint density at radius 2 is 2.03 bits per heavy atom. The number of aliphatic hydroxyl groups excluding tert-OH is 1. The summed E-state index contributed by atoms with van der Waals surface area (Å²) in [5.41, 5.74) is 0.506. The molecule has 3 aliphatic rings. The van der Waals surface area contributed by atoms with Crippen LogP contribution in [0.1, 0.15) is 52.2 Å². The van der Waals surface area contributed by atoms with Crippen LogP contribution in [0.5, 0.6) is 0 Å². The summed E-state index contributed by atoms with van der Waals surface area (Å²) in [6, 6.07) is 4.29. The molecule has 3 saturated heterocycles. The molecule has 3 aliphatic heterocycles. The highest BCUT2D eigenvalue weighted by Crippen LogP contribution is 2.66. The van der Waals surface area contributed by atoms with Crippen molar-refractivity contribution in [1.29, 1.82) is 0 Å². The number of amides is 2. The molecule has 2 bridgehead atoms. The van der Waals surface area contributed by atoms with Gasteiger partial charge >= 0.3 is 5.97 Å². The first-order chi connectivity index (χ1) is 17.9. The van der Waals surface area contributed by atoms with Crippen LogP contribution in [0, 0.1) is 37.5 Å². The summed E-state index contributed by atoms with van der Waals surface area (Å²) in [7, 11) is 0. The fourth-order valence-electron chi connectivity index (χ4n) is 7.12. The Morgan fingerprint density at radius 1 is 1.34 bits per heavy atom. The smallest absolute Gasteiger partial charge is 0.312 e. The number of hydrogen-bond donors (Lipinski definition) is 1. The molecule has 8 nitrogen and oxygen atoms in total. The van der Waals surface area contributed by atoms with Crippen molar-refractivity contribution in [1.82, 2.24) is 4.90 Å². The summed E-state index contributed by atoms with van der Waals surface area (Å²) in [5, 5.41) is 10.4. The first-order valence-corrected chi connectivity index (χ1v) is 13.7. The van der Waals surface area contributed by atoms with Crippen molar-refractivity contribution in [3.8, 4) is 0 Å². The van der Waals surface area contributed by atoms with Crippen molar-refractivity contribution in [2.24, 2.45) is 23.7 Å². The summed E-state index contributed by atoms with van der Waals surface area (Å²) >= 11 is 0. The third-order valence-electron chi connectivity index (χ3n) is 9.07. The predicted molar refractivity (Wildman–Crippen MR) is 144 cm³/mol. The van der Waals surface area contributed by atoms with E-state index < -0.39 is 41.1 Å². The summed E-state index contributed by atoms with van der Waals surface area (Å²) < 4.78 is 12.2. The molecule has 1 N–H and O–H groups in total. The van der Waals surface area contributed by atoms with Crippen LogP contribution in [-0.2, 0) is 23.9 Å². The average molecular weight is 527 g/mol. The number of esters is 1. The minimum absolute atomic E-state index is 0.0867. The van der Waals surface area contributed by atoms with E-state index in [1.54, 1.807) is 17.9 Å². The van der Waals surface area contributed by atoms with Gasteiger partial charge in [-0.05, 0) is 63.1 Å². The third kappa shape index (κ3) is 3.99. The Labute approximate surface area is 226 Å². The van der Waals surface area contributed by atoms with Crippen molar-refractivity contribution < 1.29 is 29.0 Å². The van der Waals surface area contributed by atoms with Gasteiger partial charge < -0.3 is 24.4 Å². The Morgan fingerprint density at radius 3 is 2.61 bits per heavy atom. The van der Waals surface area contributed by atoms with Crippen LogP contribution in [0.25, 0.3) is 0 Å². The van der Waals surface area contributed by atoms with Gasteiger partial charge in [0.25, 0.3) is 5.91 Å². The maximum absolute atomic E-state index is 14.7. The largest absolute Gasteiger partial charge is 0.466 e. The Bertz CT molecular complexity index is 1130. The molecule has 0 radical (unpaired) electrons. The second-order valence-corrected chi connectivity index (χ2v) is 11.7. The van der Waals surface area contributed by atoms with Crippen molar-refractivity contribution in [2.45, 2.75) is 78.2 Å². The molecule has 0 aromatic heterocycles. The lowest BCUT2D eigenvalue weighted by molar-refractivity contribution is -0.162. The van der Waals surface area contributed by atoms with Gasteiger partial charge in [0.1, 0.15) is 17.6 Å². The number of likely N-dealkylation sites (tertiary alicyclic amines) is 1.